The third-order valence-electron chi connectivity index (χ3n) is 3.02. The van der Waals surface area contributed by atoms with Gasteiger partial charge in [-0.1, -0.05) is 53.5 Å². The zero-order valence-electron chi connectivity index (χ0n) is 10.3. The smallest absolute Gasteiger partial charge is 0.129 e. The Bertz CT molecular complexity index is 596. The van der Waals surface area contributed by atoms with Crippen molar-refractivity contribution in [3.05, 3.63) is 69.5 Å². The molecule has 0 radical (unpaired) electrons. The number of hydrogen-bond donors (Lipinski definition) is 1. The third kappa shape index (κ3) is 3.08. The Morgan fingerprint density at radius 1 is 1.11 bits per heavy atom. The van der Waals surface area contributed by atoms with Gasteiger partial charge < -0.3 is 5.11 Å². The Hall–Kier alpha value is -1.09. The molecule has 0 aliphatic carbocycles. The van der Waals surface area contributed by atoms with Gasteiger partial charge in [0, 0.05) is 12.0 Å². The molecule has 0 spiro atoms. The van der Waals surface area contributed by atoms with Crippen LogP contribution in [-0.2, 0) is 12.0 Å². The summed E-state index contributed by atoms with van der Waals surface area (Å²) in [6, 6.07) is 11.3. The number of benzene rings is 2. The van der Waals surface area contributed by atoms with E-state index in [1.165, 1.54) is 6.07 Å². The van der Waals surface area contributed by atoms with Crippen molar-refractivity contribution in [1.29, 1.82) is 0 Å². The number of hydrogen-bond acceptors (Lipinski definition) is 1. The lowest BCUT2D eigenvalue weighted by Crippen LogP contribution is -2.25. The standard InChI is InChI=1S/C15H13Cl2FO/c1-15(19,11-6-2-3-8-13(11)18)9-10-5-4-7-12(16)14(10)17/h2-8,19H,9H2,1H3. The van der Waals surface area contributed by atoms with Crippen molar-refractivity contribution in [2.75, 3.05) is 0 Å². The maximum Gasteiger partial charge on any atom is 0.129 e. The average molecular weight is 299 g/mol. The van der Waals surface area contributed by atoms with Crippen LogP contribution >= 0.6 is 23.2 Å². The summed E-state index contributed by atoms with van der Waals surface area (Å²) in [5.74, 6) is -0.439. The fraction of sp³-hybridized carbons (Fsp3) is 0.200. The molecular formula is C15H13Cl2FO. The van der Waals surface area contributed by atoms with Crippen molar-refractivity contribution in [2.24, 2.45) is 0 Å². The topological polar surface area (TPSA) is 20.2 Å². The average Bonchev–Trinajstić information content (AvgIpc) is 2.35. The van der Waals surface area contributed by atoms with E-state index in [1.807, 2.05) is 0 Å². The molecule has 1 atom stereocenters. The van der Waals surface area contributed by atoms with Gasteiger partial charge in [0.1, 0.15) is 5.82 Å². The molecule has 0 aliphatic heterocycles. The Morgan fingerprint density at radius 2 is 1.79 bits per heavy atom. The van der Waals surface area contributed by atoms with Gasteiger partial charge in [-0.05, 0) is 24.6 Å². The Morgan fingerprint density at radius 3 is 2.47 bits per heavy atom. The largest absolute Gasteiger partial charge is 0.385 e. The summed E-state index contributed by atoms with van der Waals surface area (Å²) in [6.07, 6.45) is 0.188. The molecule has 4 heteroatoms. The summed E-state index contributed by atoms with van der Waals surface area (Å²) in [7, 11) is 0. The van der Waals surface area contributed by atoms with E-state index in [1.54, 1.807) is 43.3 Å². The lowest BCUT2D eigenvalue weighted by molar-refractivity contribution is 0.0538. The molecule has 100 valence electrons. The summed E-state index contributed by atoms with van der Waals surface area (Å²) >= 11 is 12.0. The second kappa shape index (κ2) is 5.49. The van der Waals surface area contributed by atoms with Crippen molar-refractivity contribution in [3.8, 4) is 0 Å². The summed E-state index contributed by atoms with van der Waals surface area (Å²) < 4.78 is 13.7. The first-order valence-corrected chi connectivity index (χ1v) is 6.57. The van der Waals surface area contributed by atoms with Crippen LogP contribution < -0.4 is 0 Å². The van der Waals surface area contributed by atoms with E-state index in [0.717, 1.165) is 0 Å². The molecule has 0 aromatic heterocycles. The van der Waals surface area contributed by atoms with Crippen LogP contribution in [0.4, 0.5) is 4.39 Å². The number of halogens is 3. The lowest BCUT2D eigenvalue weighted by atomic mass is 9.88. The predicted molar refractivity (Wildman–Crippen MR) is 76.1 cm³/mol. The van der Waals surface area contributed by atoms with Crippen LogP contribution in [-0.4, -0.2) is 5.11 Å². The number of aliphatic hydroxyl groups is 1. The molecule has 1 unspecified atom stereocenters. The van der Waals surface area contributed by atoms with Crippen LogP contribution in [0, 0.1) is 5.82 Å². The molecule has 19 heavy (non-hydrogen) atoms. The Labute approximate surface area is 121 Å². The van der Waals surface area contributed by atoms with Gasteiger partial charge in [-0.2, -0.15) is 0 Å². The molecule has 0 saturated heterocycles. The predicted octanol–water partition coefficient (Wildman–Crippen LogP) is 4.58. The SMILES string of the molecule is CC(O)(Cc1cccc(Cl)c1Cl)c1ccccc1F. The molecule has 1 nitrogen and oxygen atoms in total. The molecule has 2 aromatic carbocycles. The fourth-order valence-electron chi connectivity index (χ4n) is 2.05. The van der Waals surface area contributed by atoms with Gasteiger partial charge in [-0.15, -0.1) is 0 Å². The first-order valence-electron chi connectivity index (χ1n) is 5.82. The molecule has 0 saturated carbocycles. The first kappa shape index (κ1) is 14.3. The van der Waals surface area contributed by atoms with E-state index in [2.05, 4.69) is 0 Å². The Balaban J connectivity index is 2.36. The van der Waals surface area contributed by atoms with E-state index < -0.39 is 11.4 Å². The van der Waals surface area contributed by atoms with Crippen LogP contribution in [0.15, 0.2) is 42.5 Å². The van der Waals surface area contributed by atoms with Gasteiger partial charge in [0.2, 0.25) is 0 Å². The highest BCUT2D eigenvalue weighted by Gasteiger charge is 2.27. The van der Waals surface area contributed by atoms with Crippen LogP contribution in [0.3, 0.4) is 0 Å². The minimum atomic E-state index is -1.35. The quantitative estimate of drug-likeness (QED) is 0.879. The van der Waals surface area contributed by atoms with Crippen molar-refractivity contribution in [1.82, 2.24) is 0 Å². The molecule has 2 rings (SSSR count). The molecule has 0 fully saturated rings. The minimum absolute atomic E-state index is 0.188. The summed E-state index contributed by atoms with van der Waals surface area (Å²) in [5, 5.41) is 11.3. The third-order valence-corrected chi connectivity index (χ3v) is 3.88. The van der Waals surface area contributed by atoms with Crippen LogP contribution in [0.1, 0.15) is 18.1 Å². The summed E-state index contributed by atoms with van der Waals surface area (Å²) in [6.45, 7) is 1.56. The Kier molecular flexibility index (Phi) is 4.14. The van der Waals surface area contributed by atoms with E-state index in [-0.39, 0.29) is 12.0 Å². The highest BCUT2D eigenvalue weighted by molar-refractivity contribution is 6.42. The second-order valence-electron chi connectivity index (χ2n) is 4.64. The van der Waals surface area contributed by atoms with E-state index in [0.29, 0.717) is 15.6 Å². The van der Waals surface area contributed by atoms with Crippen molar-refractivity contribution >= 4 is 23.2 Å². The zero-order valence-corrected chi connectivity index (χ0v) is 11.8. The molecule has 0 bridgehead atoms. The maximum atomic E-state index is 13.7. The zero-order chi connectivity index (χ0) is 14.0. The van der Waals surface area contributed by atoms with Crippen LogP contribution in [0.25, 0.3) is 0 Å². The molecule has 2 aromatic rings. The lowest BCUT2D eigenvalue weighted by Gasteiger charge is -2.25. The van der Waals surface area contributed by atoms with E-state index in [9.17, 15) is 9.50 Å². The highest BCUT2D eigenvalue weighted by atomic mass is 35.5. The van der Waals surface area contributed by atoms with Crippen LogP contribution in [0.2, 0.25) is 10.0 Å². The van der Waals surface area contributed by atoms with Gasteiger partial charge in [0.05, 0.1) is 15.6 Å². The molecule has 0 heterocycles. The van der Waals surface area contributed by atoms with Crippen LogP contribution in [0.5, 0.6) is 0 Å². The van der Waals surface area contributed by atoms with Gasteiger partial charge in [0.15, 0.2) is 0 Å². The van der Waals surface area contributed by atoms with Gasteiger partial charge >= 0.3 is 0 Å². The first-order chi connectivity index (χ1) is 8.92. The molecular weight excluding hydrogens is 286 g/mol. The highest BCUT2D eigenvalue weighted by Crippen LogP contribution is 2.32. The molecule has 1 N–H and O–H groups in total. The van der Waals surface area contributed by atoms with Gasteiger partial charge in [0.25, 0.3) is 0 Å². The van der Waals surface area contributed by atoms with E-state index in [4.69, 9.17) is 23.2 Å². The second-order valence-corrected chi connectivity index (χ2v) is 5.43. The van der Waals surface area contributed by atoms with Crippen molar-refractivity contribution in [3.63, 3.8) is 0 Å². The summed E-state index contributed by atoms with van der Waals surface area (Å²) in [4.78, 5) is 0. The summed E-state index contributed by atoms with van der Waals surface area (Å²) in [5.41, 5.74) is -0.423. The maximum absolute atomic E-state index is 13.7. The normalized spacial score (nSPS) is 14.2. The van der Waals surface area contributed by atoms with Crippen molar-refractivity contribution < 1.29 is 9.50 Å². The van der Waals surface area contributed by atoms with Gasteiger partial charge in [-0.25, -0.2) is 4.39 Å². The molecule has 0 amide bonds. The minimum Gasteiger partial charge on any atom is -0.385 e. The number of rotatable bonds is 3. The van der Waals surface area contributed by atoms with E-state index >= 15 is 0 Å². The van der Waals surface area contributed by atoms with Crippen molar-refractivity contribution in [2.45, 2.75) is 18.9 Å². The molecule has 0 aliphatic rings. The monoisotopic (exact) mass is 298 g/mol. The fourth-order valence-corrected chi connectivity index (χ4v) is 2.44. The van der Waals surface area contributed by atoms with Gasteiger partial charge in [-0.3, -0.25) is 0 Å².